The molecule has 0 spiro atoms. The van der Waals surface area contributed by atoms with Crippen molar-refractivity contribution in [3.05, 3.63) is 423 Å². The van der Waals surface area contributed by atoms with Crippen LogP contribution in [-0.4, -0.2) is 38.2 Å². The van der Waals surface area contributed by atoms with Crippen LogP contribution in [0.15, 0.2) is 400 Å². The maximum absolute atomic E-state index is 6.16. The number of hydrogen-bond acceptors (Lipinski definition) is 4. The highest BCUT2D eigenvalue weighted by Crippen LogP contribution is 2.59. The average molecular weight is 1490 g/mol. The summed E-state index contributed by atoms with van der Waals surface area (Å²) in [6.07, 6.45) is 0. The summed E-state index contributed by atoms with van der Waals surface area (Å²) in [5, 5.41) is 18.0. The molecule has 0 bridgehead atoms. The van der Waals surface area contributed by atoms with Crippen molar-refractivity contribution in [1.29, 1.82) is 0 Å². The first-order valence-corrected chi connectivity index (χ1v) is 40.1. The Kier molecular flexibility index (Phi) is 14.0. The van der Waals surface area contributed by atoms with Gasteiger partial charge >= 0.3 is 0 Å². The van der Waals surface area contributed by atoms with Gasteiger partial charge in [0.15, 0.2) is 0 Å². The van der Waals surface area contributed by atoms with Crippen LogP contribution in [0, 0.1) is 0 Å². The van der Waals surface area contributed by atoms with Gasteiger partial charge in [0.25, 0.3) is 0 Å². The van der Waals surface area contributed by atoms with Crippen LogP contribution >= 0.6 is 0 Å². The minimum atomic E-state index is -1.15. The van der Waals surface area contributed by atoms with Gasteiger partial charge in [0.2, 0.25) is 0 Å². The average Bonchev–Trinajstić information content (AvgIpc) is 1.53. The summed E-state index contributed by atoms with van der Waals surface area (Å²) in [6.45, 7) is 0. The lowest BCUT2D eigenvalue weighted by molar-refractivity contribution is 0.768. The molecule has 0 atom stereocenters. The van der Waals surface area contributed by atoms with Gasteiger partial charge in [-0.15, -0.1) is 0 Å². The van der Waals surface area contributed by atoms with Crippen LogP contribution in [0.4, 0.5) is 0 Å². The number of benzene rings is 20. The Balaban J connectivity index is 0.888. The predicted molar refractivity (Wildman–Crippen MR) is 484 cm³/mol. The highest BCUT2D eigenvalue weighted by Gasteiger charge is 2.48. The molecule has 24 aromatic rings. The fourth-order valence-corrected chi connectivity index (χ4v) is 20.1. The maximum Gasteiger partial charge on any atom is 0.145 e. The van der Waals surface area contributed by atoms with E-state index in [1.165, 1.54) is 0 Å². The van der Waals surface area contributed by atoms with Crippen LogP contribution in [-0.2, 0) is 5.41 Å². The van der Waals surface area contributed by atoms with E-state index in [4.69, 9.17) is 19.9 Å². The maximum atomic E-state index is 6.16. The highest BCUT2D eigenvalue weighted by atomic mass is 15.1. The van der Waals surface area contributed by atoms with Gasteiger partial charge in [-0.05, 0) is 161 Å². The zero-order valence-corrected chi connectivity index (χ0v) is 63.2. The van der Waals surface area contributed by atoms with E-state index in [0.717, 1.165) is 232 Å². The topological polar surface area (TPSA) is 71.3 Å². The van der Waals surface area contributed by atoms with Crippen LogP contribution < -0.4 is 0 Å². The van der Waals surface area contributed by atoms with Gasteiger partial charge in [-0.2, -0.15) is 0 Å². The number of imidazole rings is 4. The Morgan fingerprint density at radius 3 is 0.598 bits per heavy atom. The minimum absolute atomic E-state index is 0.787. The number of hydrogen-bond donors (Lipinski definition) is 0. The summed E-state index contributed by atoms with van der Waals surface area (Å²) in [5.74, 6) is 3.15. The second-order valence-corrected chi connectivity index (χ2v) is 31.0. The summed E-state index contributed by atoms with van der Waals surface area (Å²) in [6, 6.07) is 147. The third-order valence-electron chi connectivity index (χ3n) is 24.9. The first-order chi connectivity index (χ1) is 58.1. The second-order valence-electron chi connectivity index (χ2n) is 31.0. The van der Waals surface area contributed by atoms with E-state index in [-0.39, 0.29) is 0 Å². The zero-order valence-electron chi connectivity index (χ0n) is 63.2. The quantitative estimate of drug-likeness (QED) is 0.128. The summed E-state index contributed by atoms with van der Waals surface area (Å²) >= 11 is 0. The molecule has 0 aliphatic heterocycles. The van der Waals surface area contributed by atoms with Crippen molar-refractivity contribution in [3.8, 4) is 79.4 Å². The molecule has 20 aromatic carbocycles. The van der Waals surface area contributed by atoms with E-state index in [0.29, 0.717) is 0 Å². The summed E-state index contributed by atoms with van der Waals surface area (Å²) in [5.41, 5.74) is 20.8. The van der Waals surface area contributed by atoms with Crippen molar-refractivity contribution in [2.75, 3.05) is 0 Å². The summed E-state index contributed by atoms with van der Waals surface area (Å²) in [4.78, 5) is 24.6. The SMILES string of the molecule is c1ccc(-n2c(-c3cc(-c4nc5c6ccccc6c6ccccc6c5n4-c4ccccc4)cc(C4(c5cc(-c6nc7c8ccccc8c8ccccc8c7n6-c6ccccc6)cc(-c6nc7c8ccccc8c8ccccc8c7n6-c6ccccc6)c5)c5ccccc5-c5ccccc54)c3)nc3c4ccccc4c4ccccc4c32)cc1. The Morgan fingerprint density at radius 2 is 0.359 bits per heavy atom. The molecule has 542 valence electrons. The van der Waals surface area contributed by atoms with Crippen LogP contribution in [0.25, 0.3) is 210 Å². The predicted octanol–water partition coefficient (Wildman–Crippen LogP) is 27.3. The molecule has 1 aliphatic rings. The second kappa shape index (κ2) is 25.2. The van der Waals surface area contributed by atoms with E-state index in [9.17, 15) is 0 Å². The third-order valence-corrected chi connectivity index (χ3v) is 24.9. The van der Waals surface area contributed by atoms with Crippen LogP contribution in [0.5, 0.6) is 0 Å². The van der Waals surface area contributed by atoms with E-state index in [2.05, 4.69) is 419 Å². The van der Waals surface area contributed by atoms with E-state index in [1.54, 1.807) is 0 Å². The third kappa shape index (κ3) is 9.34. The molecule has 0 radical (unpaired) electrons. The van der Waals surface area contributed by atoms with Crippen molar-refractivity contribution < 1.29 is 0 Å². The molecule has 4 aromatic heterocycles. The van der Waals surface area contributed by atoms with Crippen molar-refractivity contribution >= 4 is 130 Å². The highest BCUT2D eigenvalue weighted by molar-refractivity contribution is 6.28. The summed E-state index contributed by atoms with van der Waals surface area (Å²) < 4.78 is 9.72. The number of aromatic nitrogens is 8. The smallest absolute Gasteiger partial charge is 0.145 e. The molecular formula is C109H66N8. The molecule has 4 heterocycles. The molecule has 0 amide bonds. The van der Waals surface area contributed by atoms with E-state index >= 15 is 0 Å². The van der Waals surface area contributed by atoms with Gasteiger partial charge in [-0.3, -0.25) is 18.3 Å². The number of rotatable bonds is 10. The molecule has 117 heavy (non-hydrogen) atoms. The van der Waals surface area contributed by atoms with E-state index < -0.39 is 5.41 Å². The Bertz CT molecular complexity index is 7400. The molecule has 0 saturated heterocycles. The molecule has 0 saturated carbocycles. The van der Waals surface area contributed by atoms with Crippen LogP contribution in [0.3, 0.4) is 0 Å². The minimum Gasteiger partial charge on any atom is -0.292 e. The van der Waals surface area contributed by atoms with Gasteiger partial charge in [0, 0.05) is 88.1 Å². The zero-order chi connectivity index (χ0) is 76.6. The number of nitrogens with zero attached hydrogens (tertiary/aromatic N) is 8. The van der Waals surface area contributed by atoms with E-state index in [1.807, 2.05) is 0 Å². The molecule has 8 nitrogen and oxygen atoms in total. The first kappa shape index (κ1) is 65.0. The standard InChI is InChI=1S/C109H66N8/c1-5-33-73(34-6-1)114-101-91-55-25-17-45-81(91)77-41-13-21-51-87(77)97(101)110-105(114)67-61-68(106-111-98-88-52-22-14-42-78(88)82-46-18-26-56-92(82)102(98)115(106)74-35-7-2-8-36-74)64-71(63-67)109(95-59-31-29-49-85(95)86-50-30-32-60-96(86)109)72-65-69(107-112-99-89-53-23-15-43-79(89)83-47-19-27-57-93(83)103(99)116(107)75-37-9-3-10-38-75)62-70(66-72)108-113-100-90-54-24-16-44-80(90)84-48-20-28-58-94(84)104(100)117(108)76-39-11-4-12-40-76/h1-66H. The lowest BCUT2D eigenvalue weighted by atomic mass is 9.66. The largest absolute Gasteiger partial charge is 0.292 e. The van der Waals surface area contributed by atoms with Crippen molar-refractivity contribution in [2.45, 2.75) is 5.41 Å². The van der Waals surface area contributed by atoms with Gasteiger partial charge in [0.05, 0.1) is 49.5 Å². The van der Waals surface area contributed by atoms with Crippen molar-refractivity contribution in [2.24, 2.45) is 0 Å². The Hall–Kier alpha value is -15.6. The van der Waals surface area contributed by atoms with Crippen molar-refractivity contribution in [3.63, 3.8) is 0 Å². The van der Waals surface area contributed by atoms with Gasteiger partial charge in [-0.25, -0.2) is 19.9 Å². The molecule has 8 heteroatoms. The fourth-order valence-electron chi connectivity index (χ4n) is 20.1. The molecular weight excluding hydrogens is 1420 g/mol. The number of para-hydroxylation sites is 4. The Labute approximate surface area is 671 Å². The van der Waals surface area contributed by atoms with Crippen LogP contribution in [0.2, 0.25) is 0 Å². The Morgan fingerprint density at radius 1 is 0.171 bits per heavy atom. The molecule has 0 fully saturated rings. The number of fused-ring (bicyclic) bond motifs is 27. The van der Waals surface area contributed by atoms with Gasteiger partial charge in [0.1, 0.15) is 23.3 Å². The van der Waals surface area contributed by atoms with Crippen molar-refractivity contribution in [1.82, 2.24) is 38.2 Å². The van der Waals surface area contributed by atoms with Crippen LogP contribution in [0.1, 0.15) is 22.3 Å². The molecule has 0 N–H and O–H groups in total. The van der Waals surface area contributed by atoms with Gasteiger partial charge in [-0.1, -0.05) is 315 Å². The van der Waals surface area contributed by atoms with Gasteiger partial charge < -0.3 is 0 Å². The lowest BCUT2D eigenvalue weighted by Gasteiger charge is -2.35. The monoisotopic (exact) mass is 1490 g/mol. The summed E-state index contributed by atoms with van der Waals surface area (Å²) in [7, 11) is 0. The molecule has 0 unspecified atom stereocenters. The first-order valence-electron chi connectivity index (χ1n) is 40.1. The fraction of sp³-hybridized carbons (Fsp3) is 0.00917. The molecule has 1 aliphatic carbocycles. The molecule has 25 rings (SSSR count). The lowest BCUT2D eigenvalue weighted by Crippen LogP contribution is -2.29. The normalized spacial score (nSPS) is 12.7.